The first-order valence-corrected chi connectivity index (χ1v) is 4.36. The number of aromatic hydroxyl groups is 1. The Morgan fingerprint density at radius 3 is 2.69 bits per heavy atom. The van der Waals surface area contributed by atoms with Crippen molar-refractivity contribution in [3.05, 3.63) is 27.1 Å². The molecule has 0 fully saturated rings. The molecule has 0 saturated heterocycles. The topological polar surface area (TPSA) is 49.5 Å². The van der Waals surface area contributed by atoms with E-state index in [9.17, 15) is 10.0 Å². The smallest absolute Gasteiger partial charge is 0.361 e. The lowest BCUT2D eigenvalue weighted by atomic mass is 10.2. The van der Waals surface area contributed by atoms with Gasteiger partial charge in [0.2, 0.25) is 0 Å². The number of hydrogen-bond donors (Lipinski definition) is 1. The Hall–Kier alpha value is -1.10. The molecule has 0 spiro atoms. The Morgan fingerprint density at radius 1 is 1.54 bits per heavy atom. The van der Waals surface area contributed by atoms with E-state index in [2.05, 4.69) is 20.8 Å². The molecule has 0 saturated carbocycles. The van der Waals surface area contributed by atoms with Crippen LogP contribution in [-0.4, -0.2) is 17.1 Å². The van der Waals surface area contributed by atoms with E-state index in [1.165, 1.54) is 13.2 Å². The first-order valence-electron chi connectivity index (χ1n) is 3.57. The van der Waals surface area contributed by atoms with Crippen LogP contribution in [0.25, 0.3) is 0 Å². The van der Waals surface area contributed by atoms with E-state index in [0.29, 0.717) is 5.56 Å². The second kappa shape index (κ2) is 3.74. The van der Waals surface area contributed by atoms with Crippen molar-refractivity contribution in [1.29, 1.82) is 0 Å². The normalized spacial score (nSPS) is 9.77. The Kier molecular flexibility index (Phi) is 2.87. The van der Waals surface area contributed by atoms with Gasteiger partial charge in [-0.2, -0.15) is 0 Å². The molecule has 70 valence electrons. The average Bonchev–Trinajstić information content (AvgIpc) is 2.12. The van der Waals surface area contributed by atoms with E-state index in [-0.39, 0.29) is 16.4 Å². The highest BCUT2D eigenvalue weighted by molar-refractivity contribution is 9.10. The van der Waals surface area contributed by atoms with Gasteiger partial charge in [0.05, 0.1) is 4.91 Å². The van der Waals surface area contributed by atoms with Crippen molar-refractivity contribution in [2.45, 2.75) is 6.92 Å². The molecule has 1 N–H and O–H groups in total. The first kappa shape index (κ1) is 9.98. The van der Waals surface area contributed by atoms with E-state index in [0.717, 1.165) is 4.47 Å². The zero-order chi connectivity index (χ0) is 10.0. The predicted molar refractivity (Wildman–Crippen MR) is 50.8 cm³/mol. The summed E-state index contributed by atoms with van der Waals surface area (Å²) < 4.78 is 0.748. The average molecular weight is 247 g/mol. The SMILES string of the molecule is CO[N+](=O)c1c(O)ccc(Br)c1C. The van der Waals surface area contributed by atoms with Gasteiger partial charge in [0, 0.05) is 10.0 Å². The Balaban J connectivity index is 3.33. The molecule has 0 aliphatic carbocycles. The molecule has 13 heavy (non-hydrogen) atoms. The Bertz CT molecular complexity index is 351. The summed E-state index contributed by atoms with van der Waals surface area (Å²) >= 11 is 3.25. The summed E-state index contributed by atoms with van der Waals surface area (Å²) in [7, 11) is 1.24. The molecule has 1 aromatic rings. The van der Waals surface area contributed by atoms with E-state index in [1.807, 2.05) is 0 Å². The first-order chi connectivity index (χ1) is 6.07. The number of hydrogen-bond acceptors (Lipinski definition) is 3. The van der Waals surface area contributed by atoms with Crippen molar-refractivity contribution >= 4 is 21.6 Å². The van der Waals surface area contributed by atoms with Crippen LogP contribution in [0.4, 0.5) is 5.69 Å². The molecule has 0 radical (unpaired) electrons. The van der Waals surface area contributed by atoms with Crippen LogP contribution in [0.15, 0.2) is 16.6 Å². The minimum atomic E-state index is -0.0995. The predicted octanol–water partition coefficient (Wildman–Crippen LogP) is 2.43. The fraction of sp³-hybridized carbons (Fsp3) is 0.250. The standard InChI is InChI=1S/C8H8BrNO3/c1-5-6(9)3-4-7(11)8(5)10(12)13-2/h3-4H,1-2H3/p+1. The summed E-state index contributed by atoms with van der Waals surface area (Å²) in [5.74, 6) is -0.0995. The van der Waals surface area contributed by atoms with Crippen molar-refractivity contribution in [3.63, 3.8) is 0 Å². The van der Waals surface area contributed by atoms with E-state index in [4.69, 9.17) is 0 Å². The molecule has 0 amide bonds. The summed E-state index contributed by atoms with van der Waals surface area (Å²) in [6.45, 7) is 1.71. The molecular weight excluding hydrogens is 238 g/mol. The molecular formula is C8H9BrNO3+. The molecule has 0 aromatic heterocycles. The molecule has 1 aromatic carbocycles. The van der Waals surface area contributed by atoms with Crippen LogP contribution < -0.4 is 0 Å². The highest BCUT2D eigenvalue weighted by atomic mass is 79.9. The largest absolute Gasteiger partial charge is 0.502 e. The van der Waals surface area contributed by atoms with Gasteiger partial charge in [-0.3, -0.25) is 0 Å². The summed E-state index contributed by atoms with van der Waals surface area (Å²) in [6, 6.07) is 3.09. The van der Waals surface area contributed by atoms with Gasteiger partial charge in [0.25, 0.3) is 4.92 Å². The van der Waals surface area contributed by atoms with Gasteiger partial charge in [0.1, 0.15) is 0 Å². The number of benzene rings is 1. The van der Waals surface area contributed by atoms with E-state index in [1.54, 1.807) is 13.0 Å². The lowest BCUT2D eigenvalue weighted by Crippen LogP contribution is -2.00. The molecule has 0 aliphatic heterocycles. The fourth-order valence-electron chi connectivity index (χ4n) is 0.983. The summed E-state index contributed by atoms with van der Waals surface area (Å²) in [6.07, 6.45) is 0. The Labute approximate surface area is 83.8 Å². The zero-order valence-corrected chi connectivity index (χ0v) is 8.83. The third-order valence-corrected chi connectivity index (χ3v) is 2.55. The van der Waals surface area contributed by atoms with Crippen molar-refractivity contribution in [2.24, 2.45) is 0 Å². The maximum absolute atomic E-state index is 11.1. The van der Waals surface area contributed by atoms with Crippen LogP contribution in [0.3, 0.4) is 0 Å². The van der Waals surface area contributed by atoms with Crippen molar-refractivity contribution in [2.75, 3.05) is 7.11 Å². The third-order valence-electron chi connectivity index (χ3n) is 1.69. The van der Waals surface area contributed by atoms with Crippen LogP contribution in [0.1, 0.15) is 5.56 Å². The number of phenols is 1. The van der Waals surface area contributed by atoms with E-state index >= 15 is 0 Å². The van der Waals surface area contributed by atoms with Gasteiger partial charge >= 0.3 is 5.69 Å². The number of rotatable bonds is 2. The third kappa shape index (κ3) is 1.80. The number of phenolic OH excluding ortho intramolecular Hbond substituents is 1. The van der Waals surface area contributed by atoms with Crippen molar-refractivity contribution in [3.8, 4) is 5.75 Å². The molecule has 0 atom stereocenters. The number of halogens is 1. The Morgan fingerprint density at radius 2 is 2.15 bits per heavy atom. The molecule has 0 unspecified atom stereocenters. The molecule has 4 nitrogen and oxygen atoms in total. The second-order valence-electron chi connectivity index (χ2n) is 2.48. The number of nitrogens with zero attached hydrogens (tertiary/aromatic N) is 1. The van der Waals surface area contributed by atoms with Crippen molar-refractivity contribution in [1.82, 2.24) is 0 Å². The van der Waals surface area contributed by atoms with Crippen LogP contribution in [0.5, 0.6) is 5.75 Å². The maximum atomic E-state index is 11.1. The minimum absolute atomic E-state index is 0.0995. The quantitative estimate of drug-likeness (QED) is 0.816. The van der Waals surface area contributed by atoms with Crippen LogP contribution in [0.2, 0.25) is 0 Å². The highest BCUT2D eigenvalue weighted by Gasteiger charge is 2.25. The van der Waals surface area contributed by atoms with Gasteiger partial charge in [-0.15, -0.1) is 0 Å². The van der Waals surface area contributed by atoms with Gasteiger partial charge in [-0.05, 0) is 19.1 Å². The summed E-state index contributed by atoms with van der Waals surface area (Å²) in [5.41, 5.74) is 0.758. The van der Waals surface area contributed by atoms with E-state index < -0.39 is 0 Å². The monoisotopic (exact) mass is 246 g/mol. The lowest BCUT2D eigenvalue weighted by Gasteiger charge is -1.99. The minimum Gasteiger partial charge on any atom is -0.502 e. The fourth-order valence-corrected chi connectivity index (χ4v) is 1.30. The summed E-state index contributed by atoms with van der Waals surface area (Å²) in [5, 5.41) is 9.37. The van der Waals surface area contributed by atoms with Crippen LogP contribution >= 0.6 is 15.9 Å². The molecule has 0 bridgehead atoms. The molecule has 0 aliphatic rings. The molecule has 5 heteroatoms. The zero-order valence-electron chi connectivity index (χ0n) is 7.24. The van der Waals surface area contributed by atoms with Crippen molar-refractivity contribution < 1.29 is 14.9 Å². The summed E-state index contributed by atoms with van der Waals surface area (Å²) in [4.78, 5) is 15.8. The lowest BCUT2D eigenvalue weighted by molar-refractivity contribution is -0.737. The van der Waals surface area contributed by atoms with Gasteiger partial charge in [-0.25, -0.2) is 4.84 Å². The van der Waals surface area contributed by atoms with Gasteiger partial charge in [-0.1, -0.05) is 15.9 Å². The highest BCUT2D eigenvalue weighted by Crippen LogP contribution is 2.34. The second-order valence-corrected chi connectivity index (χ2v) is 3.33. The van der Waals surface area contributed by atoms with Crippen LogP contribution in [0, 0.1) is 11.8 Å². The maximum Gasteiger partial charge on any atom is 0.361 e. The van der Waals surface area contributed by atoms with Gasteiger partial charge < -0.3 is 5.11 Å². The van der Waals surface area contributed by atoms with Crippen LogP contribution in [-0.2, 0) is 4.84 Å². The van der Waals surface area contributed by atoms with Gasteiger partial charge in [0.15, 0.2) is 12.9 Å². The molecule has 0 heterocycles. The molecule has 1 rings (SSSR count).